The Morgan fingerprint density at radius 1 is 1.11 bits per heavy atom. The topological polar surface area (TPSA) is 34.1 Å². The number of benzene rings is 2. The summed E-state index contributed by atoms with van der Waals surface area (Å²) in [6, 6.07) is 9.20. The molecule has 0 saturated carbocycles. The quantitative estimate of drug-likeness (QED) is 0.784. The molecule has 2 rings (SSSR count). The van der Waals surface area contributed by atoms with E-state index < -0.39 is 14.9 Å². The van der Waals surface area contributed by atoms with Crippen molar-refractivity contribution < 1.29 is 12.8 Å². The molecule has 0 aliphatic rings. The molecule has 0 amide bonds. The van der Waals surface area contributed by atoms with Crippen molar-refractivity contribution in [2.45, 2.75) is 18.7 Å². The molecule has 0 heterocycles. The summed E-state index contributed by atoms with van der Waals surface area (Å²) < 4.78 is 36.2. The monoisotopic (exact) mass is 298 g/mol. The van der Waals surface area contributed by atoms with Gasteiger partial charge in [0.05, 0.1) is 4.90 Å². The van der Waals surface area contributed by atoms with Crippen molar-refractivity contribution in [1.29, 1.82) is 0 Å². The highest BCUT2D eigenvalue weighted by Gasteiger charge is 2.14. The van der Waals surface area contributed by atoms with Gasteiger partial charge in [0.1, 0.15) is 5.82 Å². The first-order valence-electron chi connectivity index (χ1n) is 5.61. The van der Waals surface area contributed by atoms with Gasteiger partial charge in [0, 0.05) is 10.7 Å². The average Bonchev–Trinajstić information content (AvgIpc) is 2.31. The third-order valence-corrected chi connectivity index (χ3v) is 4.40. The molecule has 0 aromatic heterocycles. The van der Waals surface area contributed by atoms with Crippen LogP contribution in [0.4, 0.5) is 4.39 Å². The highest BCUT2D eigenvalue weighted by atomic mass is 35.7. The highest BCUT2D eigenvalue weighted by Crippen LogP contribution is 2.29. The number of halogens is 2. The van der Waals surface area contributed by atoms with Crippen LogP contribution in [-0.2, 0) is 9.05 Å². The van der Waals surface area contributed by atoms with E-state index >= 15 is 0 Å². The molecule has 2 aromatic rings. The van der Waals surface area contributed by atoms with Crippen LogP contribution >= 0.6 is 10.7 Å². The smallest absolute Gasteiger partial charge is 0.207 e. The summed E-state index contributed by atoms with van der Waals surface area (Å²) >= 11 is 0. The van der Waals surface area contributed by atoms with E-state index in [4.69, 9.17) is 10.7 Å². The third kappa shape index (κ3) is 2.96. The SMILES string of the molecule is Cc1cccc(-c2cc(F)cc(S(=O)(=O)Cl)c2)c1C. The molecule has 0 aliphatic heterocycles. The average molecular weight is 299 g/mol. The van der Waals surface area contributed by atoms with Crippen LogP contribution in [0.1, 0.15) is 11.1 Å². The van der Waals surface area contributed by atoms with Gasteiger partial charge in [-0.2, -0.15) is 0 Å². The van der Waals surface area contributed by atoms with Gasteiger partial charge in [-0.05, 0) is 54.3 Å². The number of aryl methyl sites for hydroxylation is 1. The van der Waals surface area contributed by atoms with Crippen LogP contribution in [0.2, 0.25) is 0 Å². The van der Waals surface area contributed by atoms with Crippen molar-refractivity contribution in [3.05, 3.63) is 53.3 Å². The van der Waals surface area contributed by atoms with Crippen LogP contribution < -0.4 is 0 Å². The zero-order valence-electron chi connectivity index (χ0n) is 10.4. The molecule has 0 N–H and O–H groups in total. The lowest BCUT2D eigenvalue weighted by molar-refractivity contribution is 0.602. The molecule has 0 spiro atoms. The minimum Gasteiger partial charge on any atom is -0.207 e. The maximum Gasteiger partial charge on any atom is 0.261 e. The van der Waals surface area contributed by atoms with Crippen LogP contribution in [0.5, 0.6) is 0 Å². The molecule has 0 fully saturated rings. The zero-order chi connectivity index (χ0) is 14.2. The van der Waals surface area contributed by atoms with Crippen molar-refractivity contribution in [2.24, 2.45) is 0 Å². The molecule has 0 radical (unpaired) electrons. The predicted octanol–water partition coefficient (Wildman–Crippen LogP) is 4.04. The van der Waals surface area contributed by atoms with Gasteiger partial charge < -0.3 is 0 Å². The van der Waals surface area contributed by atoms with Crippen molar-refractivity contribution in [3.63, 3.8) is 0 Å². The molecule has 19 heavy (non-hydrogen) atoms. The number of hydrogen-bond acceptors (Lipinski definition) is 2. The Morgan fingerprint density at radius 3 is 2.42 bits per heavy atom. The lowest BCUT2D eigenvalue weighted by Crippen LogP contribution is -1.94. The first-order chi connectivity index (χ1) is 8.79. The maximum atomic E-state index is 13.6. The molecule has 0 unspecified atom stereocenters. The van der Waals surface area contributed by atoms with E-state index in [0.29, 0.717) is 5.56 Å². The molecule has 2 nitrogen and oxygen atoms in total. The van der Waals surface area contributed by atoms with Gasteiger partial charge in [-0.25, -0.2) is 12.8 Å². The van der Waals surface area contributed by atoms with Crippen molar-refractivity contribution in [1.82, 2.24) is 0 Å². The molecule has 0 bridgehead atoms. The first kappa shape index (κ1) is 14.0. The Bertz CT molecular complexity index is 739. The molecule has 5 heteroatoms. The van der Waals surface area contributed by atoms with Crippen LogP contribution in [-0.4, -0.2) is 8.42 Å². The fourth-order valence-corrected chi connectivity index (χ4v) is 2.71. The molecule has 0 atom stereocenters. The minimum atomic E-state index is -3.95. The van der Waals surface area contributed by atoms with Crippen LogP contribution in [0.25, 0.3) is 11.1 Å². The van der Waals surface area contributed by atoms with Gasteiger partial charge in [-0.1, -0.05) is 18.2 Å². The Balaban J connectivity index is 2.70. The molecule has 0 saturated heterocycles. The van der Waals surface area contributed by atoms with Gasteiger partial charge in [-0.15, -0.1) is 0 Å². The molecular formula is C14H12ClFO2S. The zero-order valence-corrected chi connectivity index (χ0v) is 12.0. The second-order valence-corrected chi connectivity index (χ2v) is 6.93. The van der Waals surface area contributed by atoms with Gasteiger partial charge >= 0.3 is 0 Å². The predicted molar refractivity (Wildman–Crippen MR) is 74.3 cm³/mol. The Labute approximate surface area is 116 Å². The summed E-state index contributed by atoms with van der Waals surface area (Å²) in [5.41, 5.74) is 3.32. The summed E-state index contributed by atoms with van der Waals surface area (Å²) in [6.45, 7) is 3.85. The fraction of sp³-hybridized carbons (Fsp3) is 0.143. The van der Waals surface area contributed by atoms with Crippen LogP contribution in [0.15, 0.2) is 41.3 Å². The summed E-state index contributed by atoms with van der Waals surface area (Å²) in [7, 11) is 1.32. The molecule has 0 aliphatic carbocycles. The van der Waals surface area contributed by atoms with Gasteiger partial charge in [0.25, 0.3) is 9.05 Å². The fourth-order valence-electron chi connectivity index (χ4n) is 1.92. The summed E-state index contributed by atoms with van der Waals surface area (Å²) in [6.07, 6.45) is 0. The van der Waals surface area contributed by atoms with Crippen molar-refractivity contribution in [2.75, 3.05) is 0 Å². The van der Waals surface area contributed by atoms with Gasteiger partial charge in [0.15, 0.2) is 0 Å². The van der Waals surface area contributed by atoms with Crippen LogP contribution in [0, 0.1) is 19.7 Å². The first-order valence-corrected chi connectivity index (χ1v) is 7.92. The molecule has 100 valence electrons. The Hall–Kier alpha value is -1.39. The van der Waals surface area contributed by atoms with E-state index in [1.165, 1.54) is 12.1 Å². The van der Waals surface area contributed by atoms with Crippen LogP contribution in [0.3, 0.4) is 0 Å². The Morgan fingerprint density at radius 2 is 1.79 bits per heavy atom. The van der Waals surface area contributed by atoms with Gasteiger partial charge in [-0.3, -0.25) is 0 Å². The van der Waals surface area contributed by atoms with E-state index in [9.17, 15) is 12.8 Å². The second kappa shape index (κ2) is 4.94. The number of rotatable bonds is 2. The van der Waals surface area contributed by atoms with E-state index in [-0.39, 0.29) is 4.90 Å². The second-order valence-electron chi connectivity index (χ2n) is 4.36. The van der Waals surface area contributed by atoms with E-state index in [1.54, 1.807) is 0 Å². The van der Waals surface area contributed by atoms with Crippen molar-refractivity contribution >= 4 is 19.7 Å². The number of hydrogen-bond donors (Lipinski definition) is 0. The van der Waals surface area contributed by atoms with Gasteiger partial charge in [0.2, 0.25) is 0 Å². The lowest BCUT2D eigenvalue weighted by Gasteiger charge is -2.10. The van der Waals surface area contributed by atoms with E-state index in [2.05, 4.69) is 0 Å². The largest absolute Gasteiger partial charge is 0.261 e. The summed E-state index contributed by atoms with van der Waals surface area (Å²) in [5.74, 6) is -0.627. The van der Waals surface area contributed by atoms with E-state index in [1.807, 2.05) is 32.0 Å². The maximum absolute atomic E-state index is 13.6. The summed E-state index contributed by atoms with van der Waals surface area (Å²) in [5, 5.41) is 0. The van der Waals surface area contributed by atoms with E-state index in [0.717, 1.165) is 22.8 Å². The standard InChI is InChI=1S/C14H12ClFO2S/c1-9-4-3-5-14(10(9)2)11-6-12(16)8-13(7-11)19(15,17)18/h3-8H,1-2H3. The molecular weight excluding hydrogens is 287 g/mol. The van der Waals surface area contributed by atoms with Crippen molar-refractivity contribution in [3.8, 4) is 11.1 Å². The third-order valence-electron chi connectivity index (χ3n) is 3.07. The minimum absolute atomic E-state index is 0.231. The molecule has 2 aromatic carbocycles. The lowest BCUT2D eigenvalue weighted by atomic mass is 9.97. The normalized spacial score (nSPS) is 11.6. The summed E-state index contributed by atoms with van der Waals surface area (Å²) in [4.78, 5) is -0.231. The highest BCUT2D eigenvalue weighted by molar-refractivity contribution is 8.13. The Kier molecular flexibility index (Phi) is 3.65.